The first kappa shape index (κ1) is 38.4. The maximum atomic E-state index is 14.4. The van der Waals surface area contributed by atoms with Gasteiger partial charge < -0.3 is 29.7 Å². The first-order valence-corrected chi connectivity index (χ1v) is 16.0. The van der Waals surface area contributed by atoms with Gasteiger partial charge in [-0.05, 0) is 73.9 Å². The highest BCUT2D eigenvalue weighted by molar-refractivity contribution is 5.81. The smallest absolute Gasteiger partial charge is 0.410 e. The minimum Gasteiger partial charge on any atom is -0.444 e. The van der Waals surface area contributed by atoms with Crippen LogP contribution in [0.15, 0.2) is 52.8 Å². The van der Waals surface area contributed by atoms with Crippen molar-refractivity contribution < 1.29 is 28.6 Å². The van der Waals surface area contributed by atoms with Gasteiger partial charge in [-0.3, -0.25) is 19.3 Å². The Hall–Kier alpha value is -5.01. The number of nitrogens with two attached hydrogens (primary N) is 1. The number of aromatic nitrogens is 2. The first-order valence-electron chi connectivity index (χ1n) is 16.0. The van der Waals surface area contributed by atoms with E-state index in [9.17, 15) is 24.0 Å². The van der Waals surface area contributed by atoms with Crippen molar-refractivity contribution in [2.24, 2.45) is 10.8 Å². The molecule has 0 atom stereocenters. The Labute approximate surface area is 287 Å². The van der Waals surface area contributed by atoms with Crippen LogP contribution in [-0.4, -0.2) is 68.7 Å². The maximum Gasteiger partial charge on any atom is 0.410 e. The van der Waals surface area contributed by atoms with E-state index in [1.807, 2.05) is 4.90 Å². The van der Waals surface area contributed by atoms with Gasteiger partial charge in [0.25, 0.3) is 5.56 Å². The van der Waals surface area contributed by atoms with Crippen LogP contribution >= 0.6 is 0 Å². The number of nitrogen functional groups attached to an aromatic ring is 1. The lowest BCUT2D eigenvalue weighted by Gasteiger charge is -2.41. The van der Waals surface area contributed by atoms with Gasteiger partial charge in [0.1, 0.15) is 17.2 Å². The van der Waals surface area contributed by atoms with Gasteiger partial charge in [-0.2, -0.15) is 0 Å². The van der Waals surface area contributed by atoms with Crippen LogP contribution in [0.25, 0.3) is 6.08 Å². The molecule has 2 heterocycles. The van der Waals surface area contributed by atoms with Gasteiger partial charge in [0.2, 0.25) is 0 Å². The number of para-hydroxylation sites is 1. The normalized spacial score (nSPS) is 13.8. The van der Waals surface area contributed by atoms with Crippen LogP contribution in [0, 0.1) is 10.8 Å². The molecule has 1 aliphatic rings. The monoisotopic (exact) mass is 682 g/mol. The number of amides is 1. The fourth-order valence-electron chi connectivity index (χ4n) is 4.70. The van der Waals surface area contributed by atoms with Crippen molar-refractivity contribution in [2.45, 2.75) is 81.4 Å². The van der Waals surface area contributed by atoms with Gasteiger partial charge in [-0.25, -0.2) is 18.7 Å². The number of carbonyl (C=O) groups is 3. The molecule has 0 saturated carbocycles. The fraction of sp³-hybridized carbons (Fsp3) is 0.514. The molecule has 1 amide bonds. The third kappa shape index (κ3) is 9.12. The van der Waals surface area contributed by atoms with Crippen molar-refractivity contribution in [3.05, 3.63) is 69.6 Å². The second-order valence-corrected chi connectivity index (χ2v) is 14.8. The van der Waals surface area contributed by atoms with Gasteiger partial charge >= 0.3 is 23.7 Å². The summed E-state index contributed by atoms with van der Waals surface area (Å²) in [7, 11) is 0. The van der Waals surface area contributed by atoms with Crippen LogP contribution in [0.4, 0.5) is 22.0 Å². The molecule has 0 spiro atoms. The minimum absolute atomic E-state index is 0.202. The van der Waals surface area contributed by atoms with Crippen molar-refractivity contribution in [1.82, 2.24) is 18.9 Å². The van der Waals surface area contributed by atoms with E-state index in [1.165, 1.54) is 4.90 Å². The van der Waals surface area contributed by atoms with E-state index < -0.39 is 59.2 Å². The van der Waals surface area contributed by atoms with Crippen molar-refractivity contribution in [3.8, 4) is 0 Å². The molecular formula is C35H50N6O8. The Morgan fingerprint density at radius 1 is 0.837 bits per heavy atom. The number of piperazine rings is 1. The van der Waals surface area contributed by atoms with Crippen molar-refractivity contribution in [2.75, 3.05) is 36.8 Å². The standard InChI is InChI=1S/C35H50N6O8/c1-12-24-15-13-14-16-25(24)41(23(2)37-17-19-38(20-18-37)32(46)49-35(9,10)11)26-27(36)39(21-47-29(43)33(3,4)5)31(45)40(28(26)42)22-48-30(44)34(6,7)8/h12-16H,1-2,17-22,36H2,3-11H3. The molecule has 0 aliphatic carbocycles. The molecule has 0 bridgehead atoms. The van der Waals surface area contributed by atoms with Crippen LogP contribution in [0.1, 0.15) is 67.9 Å². The van der Waals surface area contributed by atoms with Crippen LogP contribution in [0.3, 0.4) is 0 Å². The molecular weight excluding hydrogens is 632 g/mol. The second-order valence-electron chi connectivity index (χ2n) is 14.8. The largest absolute Gasteiger partial charge is 0.444 e. The van der Waals surface area contributed by atoms with E-state index in [1.54, 1.807) is 97.6 Å². The predicted octanol–water partition coefficient (Wildman–Crippen LogP) is 4.49. The van der Waals surface area contributed by atoms with Crippen LogP contribution in [0.5, 0.6) is 0 Å². The summed E-state index contributed by atoms with van der Waals surface area (Å²) in [6.45, 7) is 23.4. The number of benzene rings is 1. The molecule has 268 valence electrons. The van der Waals surface area contributed by atoms with E-state index in [0.29, 0.717) is 43.3 Å². The third-order valence-corrected chi connectivity index (χ3v) is 7.49. The number of esters is 2. The fourth-order valence-corrected chi connectivity index (χ4v) is 4.70. The third-order valence-electron chi connectivity index (χ3n) is 7.49. The summed E-state index contributed by atoms with van der Waals surface area (Å²) in [4.78, 5) is 71.3. The number of nitrogens with zero attached hydrogens (tertiary/aromatic N) is 5. The molecule has 14 nitrogen and oxygen atoms in total. The van der Waals surface area contributed by atoms with Crippen molar-refractivity contribution in [1.29, 1.82) is 0 Å². The summed E-state index contributed by atoms with van der Waals surface area (Å²) < 4.78 is 18.1. The lowest BCUT2D eigenvalue weighted by molar-refractivity contribution is -0.157. The molecule has 1 aliphatic heterocycles. The van der Waals surface area contributed by atoms with Crippen molar-refractivity contribution in [3.63, 3.8) is 0 Å². The quantitative estimate of drug-likeness (QED) is 0.293. The van der Waals surface area contributed by atoms with E-state index >= 15 is 0 Å². The van der Waals surface area contributed by atoms with Crippen LogP contribution in [0.2, 0.25) is 0 Å². The highest BCUT2D eigenvalue weighted by atomic mass is 16.6. The average Bonchev–Trinajstić information content (AvgIpc) is 3.00. The molecule has 0 radical (unpaired) electrons. The highest BCUT2D eigenvalue weighted by Crippen LogP contribution is 2.35. The van der Waals surface area contributed by atoms with Crippen LogP contribution in [-0.2, 0) is 37.3 Å². The number of hydrogen-bond donors (Lipinski definition) is 1. The van der Waals surface area contributed by atoms with Gasteiger partial charge in [0.15, 0.2) is 19.1 Å². The van der Waals surface area contributed by atoms with Gasteiger partial charge in [-0.1, -0.05) is 37.4 Å². The maximum absolute atomic E-state index is 14.4. The van der Waals surface area contributed by atoms with Gasteiger partial charge in [0.05, 0.1) is 16.5 Å². The number of anilines is 3. The summed E-state index contributed by atoms with van der Waals surface area (Å²) in [5.41, 5.74) is 3.19. The molecule has 1 fully saturated rings. The first-order chi connectivity index (χ1) is 22.6. The Morgan fingerprint density at radius 3 is 1.82 bits per heavy atom. The molecule has 1 saturated heterocycles. The Morgan fingerprint density at radius 2 is 1.33 bits per heavy atom. The van der Waals surface area contributed by atoms with E-state index in [4.69, 9.17) is 19.9 Å². The Balaban J connectivity index is 2.21. The highest BCUT2D eigenvalue weighted by Gasteiger charge is 2.33. The van der Waals surface area contributed by atoms with E-state index in [0.717, 1.165) is 9.13 Å². The van der Waals surface area contributed by atoms with Gasteiger partial charge in [0, 0.05) is 26.2 Å². The Bertz CT molecular complexity index is 1710. The summed E-state index contributed by atoms with van der Waals surface area (Å²) in [6.07, 6.45) is 1.15. The van der Waals surface area contributed by atoms with Gasteiger partial charge in [-0.15, -0.1) is 0 Å². The second kappa shape index (κ2) is 14.6. The Kier molecular flexibility index (Phi) is 11.5. The number of carbonyl (C=O) groups excluding carboxylic acids is 3. The van der Waals surface area contributed by atoms with E-state index in [2.05, 4.69) is 13.2 Å². The minimum atomic E-state index is -0.955. The summed E-state index contributed by atoms with van der Waals surface area (Å²) >= 11 is 0. The van der Waals surface area contributed by atoms with E-state index in [-0.39, 0.29) is 11.5 Å². The zero-order chi connectivity index (χ0) is 37.1. The lowest BCUT2D eigenvalue weighted by atomic mass is 9.97. The van der Waals surface area contributed by atoms with Crippen molar-refractivity contribution >= 4 is 41.3 Å². The zero-order valence-electron chi connectivity index (χ0n) is 30.1. The molecule has 14 heteroatoms. The lowest BCUT2D eigenvalue weighted by Crippen LogP contribution is -2.52. The molecule has 49 heavy (non-hydrogen) atoms. The molecule has 1 aromatic heterocycles. The summed E-state index contributed by atoms with van der Waals surface area (Å²) in [6, 6.07) is 7.06. The SMILES string of the molecule is C=Cc1ccccc1N(C(=C)N1CCN(C(=O)OC(C)(C)C)CC1)c1c(N)n(COC(=O)C(C)(C)C)c(=O)n(COC(=O)C(C)(C)C)c1=O. The zero-order valence-corrected chi connectivity index (χ0v) is 30.1. The topological polar surface area (TPSA) is 159 Å². The number of hydrogen-bond acceptors (Lipinski definition) is 11. The molecule has 3 rings (SSSR count). The summed E-state index contributed by atoms with van der Waals surface area (Å²) in [5, 5.41) is 0. The number of ether oxygens (including phenoxy) is 3. The predicted molar refractivity (Wildman–Crippen MR) is 188 cm³/mol. The molecule has 0 unspecified atom stereocenters. The molecule has 1 aromatic carbocycles. The van der Waals surface area contributed by atoms with Crippen LogP contribution < -0.4 is 21.9 Å². The molecule has 2 aromatic rings. The average molecular weight is 683 g/mol. The summed E-state index contributed by atoms with van der Waals surface area (Å²) in [5.74, 6) is -1.28. The number of rotatable bonds is 9. The molecule has 2 N–H and O–H groups in total.